The molecule has 0 atom stereocenters. The third kappa shape index (κ3) is 4.07. The fourth-order valence-corrected chi connectivity index (χ4v) is 1.91. The summed E-state index contributed by atoms with van der Waals surface area (Å²) in [6, 6.07) is 12.3. The highest BCUT2D eigenvalue weighted by Gasteiger charge is 2.02. The molecule has 2 rings (SSSR count). The minimum absolute atomic E-state index is 0.280. The molecule has 0 spiro atoms. The molecule has 0 radical (unpaired) electrons. The Kier molecular flexibility index (Phi) is 4.56. The minimum atomic E-state index is -0.412. The predicted octanol–water partition coefficient (Wildman–Crippen LogP) is 3.16. The second kappa shape index (κ2) is 6.56. The molecular formula is C16H17N3O2. The third-order valence-electron chi connectivity index (χ3n) is 2.92. The van der Waals surface area contributed by atoms with E-state index in [1.54, 1.807) is 24.3 Å². The first-order valence-corrected chi connectivity index (χ1v) is 6.51. The SMILES string of the molecule is Cc1cc(C=NNC(=O)Nc2ccccc2)cc(C)c1O. The minimum Gasteiger partial charge on any atom is -0.507 e. The van der Waals surface area contributed by atoms with Crippen LogP contribution >= 0.6 is 0 Å². The van der Waals surface area contributed by atoms with E-state index in [1.807, 2.05) is 32.0 Å². The molecule has 21 heavy (non-hydrogen) atoms. The van der Waals surface area contributed by atoms with Crippen LogP contribution < -0.4 is 10.7 Å². The van der Waals surface area contributed by atoms with Crippen LogP contribution in [0.5, 0.6) is 5.75 Å². The molecule has 0 saturated carbocycles. The predicted molar refractivity (Wildman–Crippen MR) is 83.8 cm³/mol. The zero-order valence-electron chi connectivity index (χ0n) is 11.9. The van der Waals surface area contributed by atoms with Crippen molar-refractivity contribution in [2.45, 2.75) is 13.8 Å². The first kappa shape index (κ1) is 14.6. The van der Waals surface area contributed by atoms with Gasteiger partial charge in [-0.25, -0.2) is 10.2 Å². The second-order valence-electron chi connectivity index (χ2n) is 4.69. The molecule has 0 aliphatic carbocycles. The van der Waals surface area contributed by atoms with Crippen LogP contribution in [-0.2, 0) is 0 Å². The summed E-state index contributed by atoms with van der Waals surface area (Å²) in [5.41, 5.74) is 5.43. The number of nitrogens with one attached hydrogen (secondary N) is 2. The number of benzene rings is 2. The van der Waals surface area contributed by atoms with E-state index >= 15 is 0 Å². The number of carbonyl (C=O) groups excluding carboxylic acids is 1. The fourth-order valence-electron chi connectivity index (χ4n) is 1.91. The van der Waals surface area contributed by atoms with Crippen LogP contribution in [0.3, 0.4) is 0 Å². The van der Waals surface area contributed by atoms with Crippen molar-refractivity contribution in [2.24, 2.45) is 5.10 Å². The van der Waals surface area contributed by atoms with E-state index in [1.165, 1.54) is 6.21 Å². The average molecular weight is 283 g/mol. The number of hydrazone groups is 1. The summed E-state index contributed by atoms with van der Waals surface area (Å²) in [5, 5.41) is 16.2. The normalized spacial score (nSPS) is 10.6. The van der Waals surface area contributed by atoms with E-state index in [2.05, 4.69) is 15.8 Å². The number of anilines is 1. The van der Waals surface area contributed by atoms with Crippen molar-refractivity contribution in [1.82, 2.24) is 5.43 Å². The summed E-state index contributed by atoms with van der Waals surface area (Å²) in [6.07, 6.45) is 1.53. The molecule has 0 aliphatic heterocycles. The molecule has 0 bridgehead atoms. The fraction of sp³-hybridized carbons (Fsp3) is 0.125. The number of aryl methyl sites for hydroxylation is 2. The van der Waals surface area contributed by atoms with Crippen molar-refractivity contribution in [1.29, 1.82) is 0 Å². The Morgan fingerprint density at radius 3 is 2.38 bits per heavy atom. The van der Waals surface area contributed by atoms with Gasteiger partial charge in [0.05, 0.1) is 6.21 Å². The Labute approximate surface area is 123 Å². The number of phenols is 1. The molecule has 0 aromatic heterocycles. The van der Waals surface area contributed by atoms with E-state index < -0.39 is 6.03 Å². The molecule has 5 heteroatoms. The number of aromatic hydroxyl groups is 1. The molecule has 2 aromatic carbocycles. The first-order chi connectivity index (χ1) is 10.1. The maximum absolute atomic E-state index is 11.6. The third-order valence-corrected chi connectivity index (χ3v) is 2.92. The van der Waals surface area contributed by atoms with Crippen molar-refractivity contribution in [3.05, 3.63) is 59.2 Å². The topological polar surface area (TPSA) is 73.7 Å². The molecule has 0 heterocycles. The Balaban J connectivity index is 1.95. The summed E-state index contributed by atoms with van der Waals surface area (Å²) in [6.45, 7) is 3.63. The molecule has 2 aromatic rings. The molecule has 108 valence electrons. The number of amides is 2. The Morgan fingerprint density at radius 2 is 1.76 bits per heavy atom. The molecule has 0 fully saturated rings. The highest BCUT2D eigenvalue weighted by molar-refractivity contribution is 5.90. The van der Waals surface area contributed by atoms with E-state index in [-0.39, 0.29) is 5.75 Å². The average Bonchev–Trinajstić information content (AvgIpc) is 2.45. The van der Waals surface area contributed by atoms with Crippen molar-refractivity contribution in [3.63, 3.8) is 0 Å². The van der Waals surface area contributed by atoms with Gasteiger partial charge in [0.25, 0.3) is 0 Å². The van der Waals surface area contributed by atoms with Gasteiger partial charge in [0, 0.05) is 5.69 Å². The highest BCUT2D eigenvalue weighted by atomic mass is 16.3. The molecule has 0 saturated heterocycles. The van der Waals surface area contributed by atoms with Crippen molar-refractivity contribution in [2.75, 3.05) is 5.32 Å². The van der Waals surface area contributed by atoms with Gasteiger partial charge < -0.3 is 10.4 Å². The van der Waals surface area contributed by atoms with Crippen molar-refractivity contribution < 1.29 is 9.90 Å². The lowest BCUT2D eigenvalue weighted by atomic mass is 10.1. The Morgan fingerprint density at radius 1 is 1.14 bits per heavy atom. The smallest absolute Gasteiger partial charge is 0.339 e. The zero-order chi connectivity index (χ0) is 15.2. The van der Waals surface area contributed by atoms with E-state index in [0.29, 0.717) is 5.69 Å². The number of hydrogen-bond donors (Lipinski definition) is 3. The lowest BCUT2D eigenvalue weighted by Crippen LogP contribution is -2.24. The van der Waals surface area contributed by atoms with Gasteiger partial charge in [0.1, 0.15) is 5.75 Å². The molecular weight excluding hydrogens is 266 g/mol. The molecule has 0 unspecified atom stereocenters. The lowest BCUT2D eigenvalue weighted by molar-refractivity contribution is 0.252. The van der Waals surface area contributed by atoms with E-state index in [4.69, 9.17) is 0 Å². The highest BCUT2D eigenvalue weighted by Crippen LogP contribution is 2.21. The molecule has 2 amide bonds. The van der Waals surface area contributed by atoms with Crippen LogP contribution in [0.1, 0.15) is 16.7 Å². The van der Waals surface area contributed by atoms with Crippen LogP contribution in [0.15, 0.2) is 47.6 Å². The van der Waals surface area contributed by atoms with Gasteiger partial charge in [0.2, 0.25) is 0 Å². The number of hydrogen-bond acceptors (Lipinski definition) is 3. The maximum Gasteiger partial charge on any atom is 0.339 e. The Bertz CT molecular complexity index is 643. The van der Waals surface area contributed by atoms with Gasteiger partial charge >= 0.3 is 6.03 Å². The summed E-state index contributed by atoms with van der Waals surface area (Å²) >= 11 is 0. The number of nitrogens with zero attached hydrogens (tertiary/aromatic N) is 1. The summed E-state index contributed by atoms with van der Waals surface area (Å²) in [4.78, 5) is 11.6. The number of carbonyl (C=O) groups is 1. The monoisotopic (exact) mass is 283 g/mol. The lowest BCUT2D eigenvalue weighted by Gasteiger charge is -2.05. The summed E-state index contributed by atoms with van der Waals surface area (Å²) in [7, 11) is 0. The van der Waals surface area contributed by atoms with Crippen molar-refractivity contribution in [3.8, 4) is 5.75 Å². The number of phenolic OH excluding ortho intramolecular Hbond substituents is 1. The first-order valence-electron chi connectivity index (χ1n) is 6.51. The van der Waals surface area contributed by atoms with Gasteiger partial charge in [0.15, 0.2) is 0 Å². The standard InChI is InChI=1S/C16H17N3O2/c1-11-8-13(9-12(2)15(11)20)10-17-19-16(21)18-14-6-4-3-5-7-14/h3-10,20H,1-2H3,(H2,18,19,21). The summed E-state index contributed by atoms with van der Waals surface area (Å²) < 4.78 is 0. The summed E-state index contributed by atoms with van der Waals surface area (Å²) in [5.74, 6) is 0.280. The van der Waals surface area contributed by atoms with Gasteiger partial charge in [-0.15, -0.1) is 0 Å². The second-order valence-corrected chi connectivity index (χ2v) is 4.69. The van der Waals surface area contributed by atoms with Crippen molar-refractivity contribution >= 4 is 17.9 Å². The largest absolute Gasteiger partial charge is 0.507 e. The molecule has 3 N–H and O–H groups in total. The number of rotatable bonds is 3. The van der Waals surface area contributed by atoms with Crippen LogP contribution in [0, 0.1) is 13.8 Å². The molecule has 0 aliphatic rings. The molecule has 5 nitrogen and oxygen atoms in total. The van der Waals surface area contributed by atoms with Gasteiger partial charge in [-0.2, -0.15) is 5.10 Å². The van der Waals surface area contributed by atoms with Crippen LogP contribution in [-0.4, -0.2) is 17.4 Å². The maximum atomic E-state index is 11.6. The quantitative estimate of drug-likeness (QED) is 0.598. The van der Waals surface area contributed by atoms with Gasteiger partial charge in [-0.1, -0.05) is 18.2 Å². The van der Waals surface area contributed by atoms with Crippen LogP contribution in [0.2, 0.25) is 0 Å². The zero-order valence-corrected chi connectivity index (χ0v) is 11.9. The van der Waals surface area contributed by atoms with E-state index in [0.717, 1.165) is 16.7 Å². The Hall–Kier alpha value is -2.82. The van der Waals surface area contributed by atoms with Gasteiger partial charge in [-0.05, 0) is 54.8 Å². The number of urea groups is 1. The van der Waals surface area contributed by atoms with Crippen LogP contribution in [0.25, 0.3) is 0 Å². The van der Waals surface area contributed by atoms with E-state index in [9.17, 15) is 9.90 Å². The van der Waals surface area contributed by atoms with Crippen LogP contribution in [0.4, 0.5) is 10.5 Å². The number of para-hydroxylation sites is 1. The van der Waals surface area contributed by atoms with Gasteiger partial charge in [-0.3, -0.25) is 0 Å².